The van der Waals surface area contributed by atoms with Gasteiger partial charge in [-0.2, -0.15) is 0 Å². The molecule has 0 fully saturated rings. The van der Waals surface area contributed by atoms with E-state index in [9.17, 15) is 4.79 Å². The van der Waals surface area contributed by atoms with Crippen molar-refractivity contribution in [2.45, 2.75) is 0 Å². The molecule has 46 valence electrons. The van der Waals surface area contributed by atoms with E-state index in [1.165, 1.54) is 5.94 Å². The fraction of sp³-hybridized carbons (Fsp3) is 0. The number of hydrogen-bond acceptors (Lipinski definition) is 3. The fourth-order valence-electron chi connectivity index (χ4n) is 0.349. The Morgan fingerprint density at radius 1 is 1.22 bits per heavy atom. The number of rotatable bonds is 0. The molecule has 1 aliphatic heterocycles. The summed E-state index contributed by atoms with van der Waals surface area (Å²) in [6.07, 6.45) is 0. The summed E-state index contributed by atoms with van der Waals surface area (Å²) in [7, 11) is 0. The van der Waals surface area contributed by atoms with Gasteiger partial charge in [0.15, 0.2) is 16.3 Å². The van der Waals surface area contributed by atoms with Crippen molar-refractivity contribution in [3.8, 4) is 0 Å². The van der Waals surface area contributed by atoms with Crippen LogP contribution in [0.1, 0.15) is 0 Å². The highest BCUT2D eigenvalue weighted by Crippen LogP contribution is 2.10. The van der Waals surface area contributed by atoms with Crippen LogP contribution in [0.5, 0.6) is 0 Å². The summed E-state index contributed by atoms with van der Waals surface area (Å²) in [6, 6.07) is 0. The van der Waals surface area contributed by atoms with Crippen molar-refractivity contribution in [3.05, 3.63) is 5.82 Å². The predicted octanol–water partition coefficient (Wildman–Crippen LogP) is 0.948. The highest BCUT2D eigenvalue weighted by molar-refractivity contribution is 7.01. The first kappa shape index (κ1) is 6.49. The average molecular weight is 163 g/mol. The average Bonchev–Trinajstić information content (AvgIpc) is 2.13. The molecule has 0 spiro atoms. The third-order valence-corrected chi connectivity index (χ3v) is 1.29. The first-order valence-electron chi connectivity index (χ1n) is 1.98. The molecule has 1 rings (SSSR count). The fourth-order valence-corrected chi connectivity index (χ4v) is 0.593. The molecule has 1 heterocycles. The van der Waals surface area contributed by atoms with Gasteiger partial charge in [-0.25, -0.2) is 14.8 Å². The van der Waals surface area contributed by atoms with Gasteiger partial charge >= 0.3 is 0 Å². The van der Waals surface area contributed by atoms with Crippen LogP contribution in [-0.2, 0) is 4.79 Å². The first-order valence-corrected chi connectivity index (χ1v) is 2.73. The van der Waals surface area contributed by atoms with Crippen LogP contribution in [0.15, 0.2) is 15.8 Å². The summed E-state index contributed by atoms with van der Waals surface area (Å²) in [4.78, 5) is 16.7. The highest BCUT2D eigenvalue weighted by Gasteiger charge is 2.11. The minimum Gasteiger partial charge on any atom is -0.229 e. The second-order valence-corrected chi connectivity index (χ2v) is 1.95. The Balaban J connectivity index is 3.10. The zero-order chi connectivity index (χ0) is 6.85. The van der Waals surface area contributed by atoms with Crippen molar-refractivity contribution in [1.29, 1.82) is 0 Å². The van der Waals surface area contributed by atoms with Crippen LogP contribution in [0.2, 0.25) is 0 Å². The van der Waals surface area contributed by atoms with Gasteiger partial charge < -0.3 is 0 Å². The van der Waals surface area contributed by atoms with Gasteiger partial charge in [-0.3, -0.25) is 0 Å². The van der Waals surface area contributed by atoms with Crippen molar-refractivity contribution < 1.29 is 4.79 Å². The Morgan fingerprint density at radius 3 is 1.89 bits per heavy atom. The standard InChI is InChI=1S/C4Cl2N2O/c5-3-4(6)8-2(1-9)7-3. The van der Waals surface area contributed by atoms with E-state index < -0.39 is 0 Å². The molecular formula is C4Cl2N2O. The largest absolute Gasteiger partial charge is 0.241 e. The normalized spacial score (nSPS) is 16.9. The third-order valence-electron chi connectivity index (χ3n) is 0.670. The van der Waals surface area contributed by atoms with Crippen LogP contribution in [0.3, 0.4) is 0 Å². The van der Waals surface area contributed by atoms with E-state index in [0.29, 0.717) is 0 Å². The van der Waals surface area contributed by atoms with Gasteiger partial charge in [0.25, 0.3) is 0 Å². The molecule has 0 bridgehead atoms. The Bertz CT molecular complexity index is 229. The molecule has 0 aromatic carbocycles. The lowest BCUT2D eigenvalue weighted by atomic mass is 10.8. The van der Waals surface area contributed by atoms with Gasteiger partial charge in [-0.15, -0.1) is 0 Å². The summed E-state index contributed by atoms with van der Waals surface area (Å²) in [6.45, 7) is 0. The van der Waals surface area contributed by atoms with Gasteiger partial charge in [0.2, 0.25) is 5.82 Å². The van der Waals surface area contributed by atoms with Crippen LogP contribution in [0.25, 0.3) is 0 Å². The van der Waals surface area contributed by atoms with Gasteiger partial charge in [-0.05, 0) is 0 Å². The minimum absolute atomic E-state index is 0.0371. The summed E-state index contributed by atoms with van der Waals surface area (Å²) in [5.41, 5.74) is 0. The molecule has 0 amide bonds. The number of hydrogen-bond donors (Lipinski definition) is 0. The smallest absolute Gasteiger partial charge is 0.229 e. The molecule has 1 aliphatic rings. The van der Waals surface area contributed by atoms with E-state index in [-0.39, 0.29) is 16.2 Å². The molecule has 0 saturated carbocycles. The second kappa shape index (κ2) is 2.31. The molecule has 0 unspecified atom stereocenters. The zero-order valence-corrected chi connectivity index (χ0v) is 5.57. The summed E-state index contributed by atoms with van der Waals surface area (Å²) >= 11 is 10.6. The number of aliphatic imine (C=N–C) groups is 2. The number of nitrogens with zero attached hydrogens (tertiary/aromatic N) is 2. The van der Waals surface area contributed by atoms with Gasteiger partial charge in [-0.1, -0.05) is 23.2 Å². The van der Waals surface area contributed by atoms with Crippen molar-refractivity contribution in [2.24, 2.45) is 9.98 Å². The third kappa shape index (κ3) is 1.19. The molecule has 0 aliphatic carbocycles. The lowest BCUT2D eigenvalue weighted by Crippen LogP contribution is -1.90. The van der Waals surface area contributed by atoms with E-state index in [4.69, 9.17) is 23.2 Å². The maximum atomic E-state index is 9.80. The van der Waals surface area contributed by atoms with Crippen LogP contribution in [0.4, 0.5) is 0 Å². The lowest BCUT2D eigenvalue weighted by molar-refractivity contribution is 0.566. The quantitative estimate of drug-likeness (QED) is 0.490. The van der Waals surface area contributed by atoms with Crippen molar-refractivity contribution in [3.63, 3.8) is 0 Å². The number of halogens is 2. The molecule has 3 nitrogen and oxygen atoms in total. The molecule has 9 heavy (non-hydrogen) atoms. The van der Waals surface area contributed by atoms with E-state index in [0.717, 1.165) is 0 Å². The predicted molar refractivity (Wildman–Crippen MR) is 35.8 cm³/mol. The molecule has 0 atom stereocenters. The molecular weight excluding hydrogens is 163 g/mol. The molecule has 0 aromatic heterocycles. The lowest BCUT2D eigenvalue weighted by Gasteiger charge is -1.75. The zero-order valence-electron chi connectivity index (χ0n) is 4.06. The monoisotopic (exact) mass is 162 g/mol. The van der Waals surface area contributed by atoms with Gasteiger partial charge in [0.05, 0.1) is 0 Å². The number of carbonyl (C=O) groups excluding carboxylic acids is 1. The van der Waals surface area contributed by atoms with E-state index >= 15 is 0 Å². The maximum Gasteiger partial charge on any atom is 0.241 e. The Morgan fingerprint density at radius 2 is 1.67 bits per heavy atom. The molecule has 0 N–H and O–H groups in total. The van der Waals surface area contributed by atoms with Crippen LogP contribution in [0, 0.1) is 0 Å². The van der Waals surface area contributed by atoms with Crippen LogP contribution >= 0.6 is 23.2 Å². The highest BCUT2D eigenvalue weighted by atomic mass is 35.5. The van der Waals surface area contributed by atoms with E-state index in [1.807, 2.05) is 0 Å². The topological polar surface area (TPSA) is 41.8 Å². The van der Waals surface area contributed by atoms with Gasteiger partial charge in [0, 0.05) is 0 Å². The Kier molecular flexibility index (Phi) is 1.67. The molecule has 0 aromatic rings. The van der Waals surface area contributed by atoms with Crippen molar-refractivity contribution >= 4 is 39.5 Å². The maximum absolute atomic E-state index is 9.80. The molecule has 0 radical (unpaired) electrons. The van der Waals surface area contributed by atoms with Crippen molar-refractivity contribution in [1.82, 2.24) is 0 Å². The molecule has 5 heteroatoms. The second-order valence-electron chi connectivity index (χ2n) is 1.23. The SMILES string of the molecule is O=C=C1N=C(Cl)C(Cl)=N1. The van der Waals surface area contributed by atoms with Crippen molar-refractivity contribution in [2.75, 3.05) is 0 Å². The summed E-state index contributed by atoms with van der Waals surface area (Å²) in [5.74, 6) is 1.34. The molecule has 0 saturated heterocycles. The van der Waals surface area contributed by atoms with Crippen LogP contribution in [-0.4, -0.2) is 16.3 Å². The van der Waals surface area contributed by atoms with E-state index in [2.05, 4.69) is 9.98 Å². The Hall–Kier alpha value is -0.630. The van der Waals surface area contributed by atoms with E-state index in [1.54, 1.807) is 0 Å². The van der Waals surface area contributed by atoms with Crippen LogP contribution < -0.4 is 0 Å². The Labute approximate surface area is 60.7 Å². The summed E-state index contributed by atoms with van der Waals surface area (Å²) in [5, 5.41) is 0.0741. The first-order chi connectivity index (χ1) is 4.24. The minimum atomic E-state index is -0.106. The summed E-state index contributed by atoms with van der Waals surface area (Å²) < 4.78 is 0. The van der Waals surface area contributed by atoms with Gasteiger partial charge in [0.1, 0.15) is 0 Å².